The number of nitrogens with zero attached hydrogens (tertiary/aromatic N) is 2. The molecule has 2 aliphatic heterocycles. The fourth-order valence-corrected chi connectivity index (χ4v) is 3.91. The molecule has 3 heterocycles. The fourth-order valence-electron chi connectivity index (χ4n) is 3.91. The monoisotopic (exact) mass is 238 g/mol. The minimum atomic E-state index is 0.234. The molecule has 1 saturated heterocycles. The van der Waals surface area contributed by atoms with Crippen molar-refractivity contribution in [2.75, 3.05) is 11.4 Å². The number of para-hydroxylation sites is 2. The second-order valence-electron chi connectivity index (χ2n) is 5.39. The maximum atomic E-state index is 2.64. The standard InChI is InChI=1S/C16H18N2/c1-2-16-10-6-12-18(16)14-8-4-3-7-13(14)17-11-5-9-15(16)17/h3-5,7-9,11H,2,6,10,12H2,1H3. The van der Waals surface area contributed by atoms with Crippen molar-refractivity contribution in [2.24, 2.45) is 0 Å². The molecule has 1 unspecified atom stereocenters. The molecule has 1 fully saturated rings. The molecule has 1 aromatic carbocycles. The lowest BCUT2D eigenvalue weighted by atomic mass is 9.86. The van der Waals surface area contributed by atoms with Crippen molar-refractivity contribution in [3.05, 3.63) is 48.3 Å². The van der Waals surface area contributed by atoms with E-state index in [4.69, 9.17) is 0 Å². The lowest BCUT2D eigenvalue weighted by Crippen LogP contribution is -2.45. The van der Waals surface area contributed by atoms with Gasteiger partial charge in [-0.3, -0.25) is 0 Å². The molecule has 2 nitrogen and oxygen atoms in total. The average Bonchev–Trinajstić information content (AvgIpc) is 3.06. The number of aromatic nitrogens is 1. The summed E-state index contributed by atoms with van der Waals surface area (Å²) < 4.78 is 2.39. The summed E-state index contributed by atoms with van der Waals surface area (Å²) in [6.45, 7) is 3.51. The quantitative estimate of drug-likeness (QED) is 0.735. The summed E-state index contributed by atoms with van der Waals surface area (Å²) in [6, 6.07) is 13.3. The van der Waals surface area contributed by atoms with Crippen LogP contribution < -0.4 is 4.90 Å². The fraction of sp³-hybridized carbons (Fsp3) is 0.375. The Labute approximate surface area is 108 Å². The Hall–Kier alpha value is -1.70. The Morgan fingerprint density at radius 1 is 1.11 bits per heavy atom. The molecule has 0 amide bonds. The highest BCUT2D eigenvalue weighted by Gasteiger charge is 2.46. The van der Waals surface area contributed by atoms with E-state index in [-0.39, 0.29) is 5.54 Å². The van der Waals surface area contributed by atoms with Crippen LogP contribution in [0, 0.1) is 0 Å². The van der Waals surface area contributed by atoms with Gasteiger partial charge in [0.1, 0.15) is 0 Å². The van der Waals surface area contributed by atoms with Gasteiger partial charge in [0, 0.05) is 18.4 Å². The van der Waals surface area contributed by atoms with Crippen molar-refractivity contribution in [3.63, 3.8) is 0 Å². The number of hydrogen-bond acceptors (Lipinski definition) is 1. The van der Waals surface area contributed by atoms with Crippen molar-refractivity contribution in [2.45, 2.75) is 31.7 Å². The zero-order valence-corrected chi connectivity index (χ0v) is 10.8. The topological polar surface area (TPSA) is 8.17 Å². The Balaban J connectivity index is 2.06. The lowest BCUT2D eigenvalue weighted by Gasteiger charge is -2.45. The molecule has 2 heteroatoms. The van der Waals surface area contributed by atoms with Crippen molar-refractivity contribution in [1.29, 1.82) is 0 Å². The molecule has 1 atom stereocenters. The molecule has 0 spiro atoms. The molecule has 1 aromatic heterocycles. The van der Waals surface area contributed by atoms with Crippen LogP contribution in [0.15, 0.2) is 42.6 Å². The van der Waals surface area contributed by atoms with E-state index in [9.17, 15) is 0 Å². The summed E-state index contributed by atoms with van der Waals surface area (Å²) in [7, 11) is 0. The molecular formula is C16H18N2. The highest BCUT2D eigenvalue weighted by atomic mass is 15.3. The number of rotatable bonds is 1. The van der Waals surface area contributed by atoms with Gasteiger partial charge in [-0.1, -0.05) is 19.1 Å². The van der Waals surface area contributed by atoms with Crippen molar-refractivity contribution >= 4 is 5.69 Å². The molecule has 18 heavy (non-hydrogen) atoms. The third-order valence-electron chi connectivity index (χ3n) is 4.73. The van der Waals surface area contributed by atoms with E-state index in [0.29, 0.717) is 0 Å². The van der Waals surface area contributed by atoms with Crippen molar-refractivity contribution < 1.29 is 0 Å². The molecular weight excluding hydrogens is 220 g/mol. The molecule has 0 bridgehead atoms. The summed E-state index contributed by atoms with van der Waals surface area (Å²) >= 11 is 0. The van der Waals surface area contributed by atoms with Crippen LogP contribution in [0.5, 0.6) is 0 Å². The molecule has 2 aromatic rings. The van der Waals surface area contributed by atoms with Crippen LogP contribution in [0.25, 0.3) is 5.69 Å². The Morgan fingerprint density at radius 3 is 2.78 bits per heavy atom. The van der Waals surface area contributed by atoms with E-state index in [1.165, 1.54) is 42.9 Å². The predicted octanol–water partition coefficient (Wildman–Crippen LogP) is 3.70. The van der Waals surface area contributed by atoms with E-state index in [1.807, 2.05) is 0 Å². The number of hydrogen-bond donors (Lipinski definition) is 0. The molecule has 4 rings (SSSR count). The van der Waals surface area contributed by atoms with Gasteiger partial charge in [0.15, 0.2) is 0 Å². The van der Waals surface area contributed by atoms with Crippen LogP contribution >= 0.6 is 0 Å². The van der Waals surface area contributed by atoms with E-state index in [1.54, 1.807) is 0 Å². The van der Waals surface area contributed by atoms with Crippen molar-refractivity contribution in [3.8, 4) is 5.69 Å². The van der Waals surface area contributed by atoms with Crippen LogP contribution in [0.3, 0.4) is 0 Å². The Morgan fingerprint density at radius 2 is 1.94 bits per heavy atom. The van der Waals surface area contributed by atoms with Crippen LogP contribution in [0.1, 0.15) is 31.9 Å². The maximum absolute atomic E-state index is 2.64. The first-order valence-corrected chi connectivity index (χ1v) is 6.92. The van der Waals surface area contributed by atoms with Crippen LogP contribution in [-0.2, 0) is 5.54 Å². The highest BCUT2D eigenvalue weighted by Crippen LogP contribution is 2.50. The minimum absolute atomic E-state index is 0.234. The normalized spacial score (nSPS) is 24.6. The first kappa shape index (κ1) is 10.2. The summed E-state index contributed by atoms with van der Waals surface area (Å²) in [5.74, 6) is 0. The maximum Gasteiger partial charge on any atom is 0.0806 e. The zero-order chi connectivity index (χ0) is 12.2. The van der Waals surface area contributed by atoms with Gasteiger partial charge >= 0.3 is 0 Å². The van der Waals surface area contributed by atoms with E-state index >= 15 is 0 Å². The average molecular weight is 238 g/mol. The number of anilines is 1. The zero-order valence-electron chi connectivity index (χ0n) is 10.8. The Kier molecular flexibility index (Phi) is 1.94. The highest BCUT2D eigenvalue weighted by molar-refractivity contribution is 5.69. The molecule has 0 saturated carbocycles. The van der Waals surface area contributed by atoms with Crippen molar-refractivity contribution in [1.82, 2.24) is 4.57 Å². The van der Waals surface area contributed by atoms with Gasteiger partial charge in [-0.15, -0.1) is 0 Å². The van der Waals surface area contributed by atoms with Gasteiger partial charge in [0.25, 0.3) is 0 Å². The lowest BCUT2D eigenvalue weighted by molar-refractivity contribution is 0.399. The van der Waals surface area contributed by atoms with Gasteiger partial charge in [-0.25, -0.2) is 0 Å². The predicted molar refractivity (Wildman–Crippen MR) is 74.3 cm³/mol. The molecule has 0 N–H and O–H groups in total. The molecule has 92 valence electrons. The van der Waals surface area contributed by atoms with E-state index in [2.05, 4.69) is 59.0 Å². The summed E-state index contributed by atoms with van der Waals surface area (Å²) in [6.07, 6.45) is 5.97. The largest absolute Gasteiger partial charge is 0.359 e. The number of benzene rings is 1. The molecule has 2 aliphatic rings. The summed E-state index contributed by atoms with van der Waals surface area (Å²) in [5.41, 5.74) is 4.45. The van der Waals surface area contributed by atoms with Gasteiger partial charge < -0.3 is 9.47 Å². The number of fused-ring (bicyclic) bond motifs is 6. The third kappa shape index (κ3) is 1.04. The van der Waals surface area contributed by atoms with E-state index in [0.717, 1.165) is 0 Å². The van der Waals surface area contributed by atoms with Crippen LogP contribution in [-0.4, -0.2) is 11.1 Å². The van der Waals surface area contributed by atoms with Gasteiger partial charge in [0.05, 0.1) is 16.9 Å². The molecule has 0 radical (unpaired) electrons. The van der Waals surface area contributed by atoms with E-state index < -0.39 is 0 Å². The third-order valence-corrected chi connectivity index (χ3v) is 4.73. The smallest absolute Gasteiger partial charge is 0.0806 e. The minimum Gasteiger partial charge on any atom is -0.359 e. The first-order chi connectivity index (χ1) is 8.87. The van der Waals surface area contributed by atoms with Gasteiger partial charge in [-0.05, 0) is 43.5 Å². The van der Waals surface area contributed by atoms with Gasteiger partial charge in [-0.2, -0.15) is 0 Å². The first-order valence-electron chi connectivity index (χ1n) is 6.92. The molecule has 0 aliphatic carbocycles. The van der Waals surface area contributed by atoms with Gasteiger partial charge in [0.2, 0.25) is 0 Å². The van der Waals surface area contributed by atoms with Crippen LogP contribution in [0.2, 0.25) is 0 Å². The Bertz CT molecular complexity index is 599. The second kappa shape index (κ2) is 3.41. The SMILES string of the molecule is CCC12CCCN1c1ccccc1-n1cccc12. The summed E-state index contributed by atoms with van der Waals surface area (Å²) in [5, 5.41) is 0. The van der Waals surface area contributed by atoms with Crippen LogP contribution in [0.4, 0.5) is 5.69 Å². The second-order valence-corrected chi connectivity index (χ2v) is 5.39. The summed E-state index contributed by atoms with van der Waals surface area (Å²) in [4.78, 5) is 2.64.